The number of carbonyl (C=O) groups excluding carboxylic acids is 1. The third-order valence-electron chi connectivity index (χ3n) is 5.23. The van der Waals surface area contributed by atoms with Crippen LogP contribution < -0.4 is 20.1 Å². The fourth-order valence-electron chi connectivity index (χ4n) is 3.14. The summed E-state index contributed by atoms with van der Waals surface area (Å²) in [6.07, 6.45) is 0. The van der Waals surface area contributed by atoms with Crippen molar-refractivity contribution >= 4 is 44.6 Å². The third kappa shape index (κ3) is 7.77. The van der Waals surface area contributed by atoms with E-state index >= 15 is 0 Å². The molecule has 36 heavy (non-hydrogen) atoms. The maximum absolute atomic E-state index is 12.7. The van der Waals surface area contributed by atoms with E-state index in [-0.39, 0.29) is 15.9 Å². The molecule has 0 saturated carbocycles. The van der Waals surface area contributed by atoms with Crippen LogP contribution in [0.25, 0.3) is 0 Å². The Bertz CT molecular complexity index is 1310. The van der Waals surface area contributed by atoms with Crippen molar-refractivity contribution in [1.82, 2.24) is 5.32 Å². The summed E-state index contributed by atoms with van der Waals surface area (Å²) >= 11 is 5.22. The normalized spacial score (nSPS) is 11.0. The number of benzene rings is 3. The molecule has 0 spiro atoms. The number of thiocarbonyl (C=S) groups is 1. The van der Waals surface area contributed by atoms with Crippen LogP contribution in [0.2, 0.25) is 0 Å². The smallest absolute Gasteiger partial charge is 0.261 e. The Balaban J connectivity index is 1.54. The van der Waals surface area contributed by atoms with Crippen LogP contribution in [-0.4, -0.2) is 39.3 Å². The van der Waals surface area contributed by atoms with Crippen molar-refractivity contribution in [2.75, 3.05) is 29.9 Å². The van der Waals surface area contributed by atoms with Gasteiger partial charge in [-0.3, -0.25) is 14.8 Å². The second-order valence-electron chi connectivity index (χ2n) is 7.91. The maximum Gasteiger partial charge on any atom is 0.261 e. The van der Waals surface area contributed by atoms with E-state index in [2.05, 4.69) is 15.4 Å². The molecule has 3 aromatic rings. The van der Waals surface area contributed by atoms with E-state index in [0.29, 0.717) is 42.5 Å². The molecule has 10 heteroatoms. The molecule has 0 atom stereocenters. The van der Waals surface area contributed by atoms with Crippen LogP contribution >= 0.6 is 12.2 Å². The Kier molecular flexibility index (Phi) is 9.40. The molecule has 0 aromatic heterocycles. The first-order valence-corrected chi connectivity index (χ1v) is 13.2. The number of sulfonamides is 1. The van der Waals surface area contributed by atoms with Crippen molar-refractivity contribution in [2.24, 2.45) is 0 Å². The third-order valence-corrected chi connectivity index (χ3v) is 6.83. The molecule has 0 unspecified atom stereocenters. The molecule has 8 nitrogen and oxygen atoms in total. The highest BCUT2D eigenvalue weighted by molar-refractivity contribution is 7.92. The van der Waals surface area contributed by atoms with Gasteiger partial charge in [-0.15, -0.1) is 0 Å². The number of hydrogen-bond donors (Lipinski definition) is 3. The van der Waals surface area contributed by atoms with Gasteiger partial charge in [0.1, 0.15) is 12.4 Å². The van der Waals surface area contributed by atoms with Gasteiger partial charge < -0.3 is 14.8 Å². The zero-order chi connectivity index (χ0) is 26.1. The first-order chi connectivity index (χ1) is 17.2. The summed E-state index contributed by atoms with van der Waals surface area (Å²) in [6.45, 7) is 7.35. The van der Waals surface area contributed by atoms with Crippen LogP contribution in [0.4, 0.5) is 11.4 Å². The zero-order valence-electron chi connectivity index (χ0n) is 20.3. The molecule has 0 aliphatic heterocycles. The van der Waals surface area contributed by atoms with E-state index in [1.165, 1.54) is 12.1 Å². The Morgan fingerprint density at radius 3 is 2.19 bits per heavy atom. The average molecular weight is 528 g/mol. The fourth-order valence-corrected chi connectivity index (χ4v) is 4.40. The van der Waals surface area contributed by atoms with Crippen LogP contribution in [0.15, 0.2) is 71.6 Å². The van der Waals surface area contributed by atoms with E-state index in [1.54, 1.807) is 48.5 Å². The van der Waals surface area contributed by atoms with Crippen LogP contribution in [0.1, 0.15) is 28.4 Å². The van der Waals surface area contributed by atoms with Crippen LogP contribution in [0.5, 0.6) is 5.75 Å². The summed E-state index contributed by atoms with van der Waals surface area (Å²) in [5.41, 5.74) is 3.51. The summed E-state index contributed by atoms with van der Waals surface area (Å²) in [7, 11) is -3.75. The van der Waals surface area contributed by atoms with E-state index in [1.807, 2.05) is 26.8 Å². The Labute approximate surface area is 217 Å². The molecule has 0 fully saturated rings. The van der Waals surface area contributed by atoms with Gasteiger partial charge in [0.15, 0.2) is 5.11 Å². The molecule has 0 radical (unpaired) electrons. The van der Waals surface area contributed by atoms with Gasteiger partial charge in [-0.2, -0.15) is 0 Å². The first-order valence-electron chi connectivity index (χ1n) is 11.3. The monoisotopic (exact) mass is 527 g/mol. The minimum absolute atomic E-state index is 0.0842. The SMILES string of the molecule is CCOCCOc1ccc(C(=O)NC(=S)Nc2ccc(S(=O)(=O)Nc3ccc(C)c(C)c3)cc2)cc1. The number of hydrogen-bond acceptors (Lipinski definition) is 6. The number of carbonyl (C=O) groups is 1. The lowest BCUT2D eigenvalue weighted by molar-refractivity contribution is 0.0977. The molecular weight excluding hydrogens is 498 g/mol. The zero-order valence-corrected chi connectivity index (χ0v) is 22.0. The Morgan fingerprint density at radius 2 is 1.56 bits per heavy atom. The molecule has 0 saturated heterocycles. The van der Waals surface area contributed by atoms with Crippen LogP contribution in [0, 0.1) is 13.8 Å². The van der Waals surface area contributed by atoms with Crippen molar-refractivity contribution in [3.05, 3.63) is 83.4 Å². The van der Waals surface area contributed by atoms with Gasteiger partial charge >= 0.3 is 0 Å². The molecule has 3 aromatic carbocycles. The predicted octanol–water partition coefficient (Wildman–Crippen LogP) is 4.65. The van der Waals surface area contributed by atoms with E-state index in [0.717, 1.165) is 11.1 Å². The highest BCUT2D eigenvalue weighted by atomic mass is 32.2. The van der Waals surface area contributed by atoms with Gasteiger partial charge in [-0.05, 0) is 105 Å². The molecule has 3 rings (SSSR count). The second kappa shape index (κ2) is 12.5. The van der Waals surface area contributed by atoms with Crippen molar-refractivity contribution in [1.29, 1.82) is 0 Å². The predicted molar refractivity (Wildman–Crippen MR) is 145 cm³/mol. The largest absolute Gasteiger partial charge is 0.491 e. The molecule has 1 amide bonds. The van der Waals surface area contributed by atoms with Gasteiger partial charge in [-0.25, -0.2) is 8.42 Å². The topological polar surface area (TPSA) is 106 Å². The van der Waals surface area contributed by atoms with Gasteiger partial charge in [0.05, 0.1) is 11.5 Å². The summed E-state index contributed by atoms with van der Waals surface area (Å²) in [6, 6.07) is 18.1. The highest BCUT2D eigenvalue weighted by Gasteiger charge is 2.15. The number of anilines is 2. The standard InChI is InChI=1S/C26H29N3O5S2/c1-4-33-15-16-34-23-11-6-20(7-12-23)25(30)28-26(35)27-21-9-13-24(14-10-21)36(31,32)29-22-8-5-18(2)19(3)17-22/h5-14,17,29H,4,15-16H2,1-3H3,(H2,27,28,30,35). The minimum atomic E-state index is -3.75. The fraction of sp³-hybridized carbons (Fsp3) is 0.231. The molecule has 0 heterocycles. The molecule has 190 valence electrons. The van der Waals surface area contributed by atoms with Crippen molar-refractivity contribution in [3.8, 4) is 5.75 Å². The maximum atomic E-state index is 12.7. The molecule has 0 aliphatic carbocycles. The van der Waals surface area contributed by atoms with Crippen LogP contribution in [-0.2, 0) is 14.8 Å². The minimum Gasteiger partial charge on any atom is -0.491 e. The van der Waals surface area contributed by atoms with Gasteiger partial charge in [0, 0.05) is 23.5 Å². The Hall–Kier alpha value is -3.47. The van der Waals surface area contributed by atoms with E-state index in [4.69, 9.17) is 21.7 Å². The van der Waals surface area contributed by atoms with Crippen molar-refractivity contribution in [2.45, 2.75) is 25.7 Å². The quantitative estimate of drug-likeness (QED) is 0.260. The lowest BCUT2D eigenvalue weighted by Gasteiger charge is -2.12. The molecular formula is C26H29N3O5S2. The van der Waals surface area contributed by atoms with Gasteiger partial charge in [-0.1, -0.05) is 6.07 Å². The van der Waals surface area contributed by atoms with Crippen molar-refractivity contribution < 1.29 is 22.7 Å². The molecule has 0 aliphatic rings. The lowest BCUT2D eigenvalue weighted by Crippen LogP contribution is -2.34. The number of rotatable bonds is 10. The van der Waals surface area contributed by atoms with Gasteiger partial charge in [0.2, 0.25) is 0 Å². The van der Waals surface area contributed by atoms with Gasteiger partial charge in [0.25, 0.3) is 15.9 Å². The molecule has 3 N–H and O–H groups in total. The number of amides is 1. The summed E-state index contributed by atoms with van der Waals surface area (Å²) in [4.78, 5) is 12.6. The lowest BCUT2D eigenvalue weighted by atomic mass is 10.1. The Morgan fingerprint density at radius 1 is 0.889 bits per heavy atom. The average Bonchev–Trinajstić information content (AvgIpc) is 2.84. The summed E-state index contributed by atoms with van der Waals surface area (Å²) < 4.78 is 38.8. The second-order valence-corrected chi connectivity index (χ2v) is 10.00. The number of aryl methyl sites for hydroxylation is 2. The molecule has 0 bridgehead atoms. The van der Waals surface area contributed by atoms with Crippen molar-refractivity contribution in [3.63, 3.8) is 0 Å². The summed E-state index contributed by atoms with van der Waals surface area (Å²) in [5.74, 6) is 0.249. The van der Waals surface area contributed by atoms with E-state index < -0.39 is 10.0 Å². The summed E-state index contributed by atoms with van der Waals surface area (Å²) in [5, 5.41) is 5.57. The van der Waals surface area contributed by atoms with Crippen LogP contribution in [0.3, 0.4) is 0 Å². The first kappa shape index (κ1) is 27.1. The number of ether oxygens (including phenoxy) is 2. The van der Waals surface area contributed by atoms with E-state index in [9.17, 15) is 13.2 Å². The number of nitrogens with one attached hydrogen (secondary N) is 3. The highest BCUT2D eigenvalue weighted by Crippen LogP contribution is 2.20.